The van der Waals surface area contributed by atoms with Gasteiger partial charge in [0.2, 0.25) is 0 Å². The number of hydrogen-bond donors (Lipinski definition) is 1. The summed E-state index contributed by atoms with van der Waals surface area (Å²) < 4.78 is 32.2. The van der Waals surface area contributed by atoms with E-state index in [1.54, 1.807) is 13.8 Å². The number of hydrogen-bond acceptors (Lipinski definition) is 3. The summed E-state index contributed by atoms with van der Waals surface area (Å²) >= 11 is -5.18. The Balaban J connectivity index is 3.53. The summed E-state index contributed by atoms with van der Waals surface area (Å²) in [6.07, 6.45) is 0. The van der Waals surface area contributed by atoms with Crippen molar-refractivity contribution in [2.24, 2.45) is 5.92 Å². The second-order valence-electron chi connectivity index (χ2n) is 2.11. The van der Waals surface area contributed by atoms with Crippen LogP contribution in [0.3, 0.4) is 0 Å². The molecule has 0 heterocycles. The van der Waals surface area contributed by atoms with E-state index in [9.17, 15) is 6.80 Å². The molecule has 4 nitrogen and oxygen atoms in total. The van der Waals surface area contributed by atoms with Crippen LogP contribution in [0.4, 0.5) is 0 Å². The fourth-order valence-electron chi connectivity index (χ4n) is 0.222. The molecule has 0 aromatic carbocycles. The molecule has 0 unspecified atom stereocenters. The van der Waals surface area contributed by atoms with Gasteiger partial charge in [-0.3, -0.25) is 0 Å². The predicted molar refractivity (Wildman–Crippen MR) is 24.4 cm³/mol. The van der Waals surface area contributed by atoms with Gasteiger partial charge in [0.25, 0.3) is 0 Å². The van der Waals surface area contributed by atoms with Gasteiger partial charge in [0, 0.05) is 0 Å². The molecule has 0 radical (unpaired) electrons. The van der Waals surface area contributed by atoms with Gasteiger partial charge in [0.1, 0.15) is 0 Å². The fourth-order valence-corrected chi connectivity index (χ4v) is 1.31. The van der Waals surface area contributed by atoms with E-state index in [0.29, 0.717) is 0 Å². The summed E-state index contributed by atoms with van der Waals surface area (Å²) in [6.45, 7) is 3.67. The zero-order valence-electron chi connectivity index (χ0n) is 5.36. The van der Waals surface area contributed by atoms with E-state index >= 15 is 0 Å². The topological polar surface area (TPSA) is 63.6 Å². The van der Waals surface area contributed by atoms with Crippen LogP contribution in [0, 0.1) is 5.92 Å². The average Bonchev–Trinajstić information content (AvgIpc) is 1.59. The first kappa shape index (κ1) is 9.21. The third kappa shape index (κ3) is 8.21. The van der Waals surface area contributed by atoms with Crippen LogP contribution in [0.5, 0.6) is 0 Å². The van der Waals surface area contributed by atoms with Gasteiger partial charge in [-0.2, -0.15) is 0 Å². The molecular formula is C4H10MoO4. The van der Waals surface area contributed by atoms with Crippen LogP contribution in [-0.2, 0) is 26.9 Å². The van der Waals surface area contributed by atoms with Crippen molar-refractivity contribution in [3.63, 3.8) is 0 Å². The van der Waals surface area contributed by atoms with E-state index in [1.807, 2.05) is 0 Å². The molecule has 0 fully saturated rings. The van der Waals surface area contributed by atoms with Crippen molar-refractivity contribution >= 4 is 0 Å². The zero-order valence-corrected chi connectivity index (χ0v) is 7.37. The zero-order chi connectivity index (χ0) is 7.49. The molecule has 0 bridgehead atoms. The van der Waals surface area contributed by atoms with E-state index in [-0.39, 0.29) is 12.5 Å². The van der Waals surface area contributed by atoms with Crippen molar-refractivity contribution in [3.05, 3.63) is 0 Å². The standard InChI is InChI=1S/C4H9O.Mo.H2O.2O/c1-4(2)3-5;;;;/h4H,3H2,1-2H3;;1H2;;/q-1;+2;;;/p-1. The monoisotopic (exact) mass is 220 g/mol. The van der Waals surface area contributed by atoms with E-state index in [1.165, 1.54) is 0 Å². The normalized spacial score (nSPS) is 12.4. The Morgan fingerprint density at radius 3 is 2.11 bits per heavy atom. The molecular weight excluding hydrogens is 208 g/mol. The molecule has 9 heavy (non-hydrogen) atoms. The first-order valence-corrected chi connectivity index (χ1v) is 5.89. The Morgan fingerprint density at radius 1 is 1.56 bits per heavy atom. The molecule has 5 heteroatoms. The third-order valence-electron chi connectivity index (χ3n) is 0.550. The van der Waals surface area contributed by atoms with Gasteiger partial charge in [-0.25, -0.2) is 0 Å². The van der Waals surface area contributed by atoms with Crippen molar-refractivity contribution in [1.82, 2.24) is 0 Å². The van der Waals surface area contributed by atoms with E-state index in [2.05, 4.69) is 3.39 Å². The van der Waals surface area contributed by atoms with E-state index in [0.717, 1.165) is 0 Å². The summed E-state index contributed by atoms with van der Waals surface area (Å²) in [6, 6.07) is 0. The Labute approximate surface area is 57.6 Å². The Hall–Kier alpha value is 0.208. The first-order valence-electron chi connectivity index (χ1n) is 2.53. The van der Waals surface area contributed by atoms with Crippen molar-refractivity contribution < 1.29 is 30.7 Å². The van der Waals surface area contributed by atoms with Crippen LogP contribution in [-0.4, -0.2) is 10.4 Å². The second kappa shape index (κ2) is 3.40. The molecule has 0 aliphatic rings. The maximum absolute atomic E-state index is 9.98. The van der Waals surface area contributed by atoms with Gasteiger partial charge in [0.15, 0.2) is 0 Å². The average molecular weight is 218 g/mol. The molecule has 0 aliphatic carbocycles. The fraction of sp³-hybridized carbons (Fsp3) is 1.00. The predicted octanol–water partition coefficient (Wildman–Crippen LogP) is 0.326. The van der Waals surface area contributed by atoms with Gasteiger partial charge in [-0.15, -0.1) is 0 Å². The van der Waals surface area contributed by atoms with E-state index < -0.39 is 16.7 Å². The molecule has 0 rings (SSSR count). The minimum absolute atomic E-state index is 0.0740. The molecule has 0 aliphatic heterocycles. The van der Waals surface area contributed by atoms with Gasteiger partial charge in [-0.1, -0.05) is 0 Å². The Kier molecular flexibility index (Phi) is 3.47. The second-order valence-corrected chi connectivity index (χ2v) is 4.79. The van der Waals surface area contributed by atoms with E-state index in [4.69, 9.17) is 3.76 Å². The van der Waals surface area contributed by atoms with Crippen molar-refractivity contribution in [3.8, 4) is 0 Å². The molecule has 0 saturated carbocycles. The van der Waals surface area contributed by atoms with Crippen LogP contribution < -0.4 is 0 Å². The molecule has 0 saturated heterocycles. The van der Waals surface area contributed by atoms with Gasteiger partial charge < -0.3 is 0 Å². The Morgan fingerprint density at radius 2 is 2.00 bits per heavy atom. The molecule has 56 valence electrons. The van der Waals surface area contributed by atoms with Crippen LogP contribution in [0.25, 0.3) is 0 Å². The molecule has 0 aromatic heterocycles. The Bertz CT molecular complexity index is 157. The number of rotatable bonds is 3. The van der Waals surface area contributed by atoms with Gasteiger partial charge >= 0.3 is 57.1 Å². The van der Waals surface area contributed by atoms with Crippen LogP contribution in [0.1, 0.15) is 13.8 Å². The van der Waals surface area contributed by atoms with Crippen LogP contribution in [0.15, 0.2) is 0 Å². The quantitative estimate of drug-likeness (QED) is 0.693. The molecule has 0 spiro atoms. The molecule has 0 atom stereocenters. The SMILES string of the molecule is CC(C)C[O][Mo](=[O])(=[O])[OH]. The molecule has 0 aromatic rings. The van der Waals surface area contributed by atoms with Gasteiger partial charge in [-0.05, 0) is 0 Å². The maximum atomic E-state index is 9.98. The van der Waals surface area contributed by atoms with Gasteiger partial charge in [0.05, 0.1) is 0 Å². The summed E-state index contributed by atoms with van der Waals surface area (Å²) in [5.41, 5.74) is 0. The molecule has 0 amide bonds. The summed E-state index contributed by atoms with van der Waals surface area (Å²) in [4.78, 5) is 0. The van der Waals surface area contributed by atoms with Crippen molar-refractivity contribution in [1.29, 1.82) is 0 Å². The summed E-state index contributed by atoms with van der Waals surface area (Å²) in [7, 11) is 0. The van der Waals surface area contributed by atoms with Crippen molar-refractivity contribution in [2.45, 2.75) is 13.8 Å². The van der Waals surface area contributed by atoms with Crippen LogP contribution >= 0.6 is 0 Å². The third-order valence-corrected chi connectivity index (χ3v) is 1.62. The van der Waals surface area contributed by atoms with Crippen LogP contribution in [0.2, 0.25) is 0 Å². The summed E-state index contributed by atoms with van der Waals surface area (Å²) in [5.74, 6) is 0.130. The first-order chi connectivity index (χ1) is 3.92. The van der Waals surface area contributed by atoms with Crippen molar-refractivity contribution in [2.75, 3.05) is 6.61 Å². The minimum atomic E-state index is -5.18. The summed E-state index contributed by atoms with van der Waals surface area (Å²) in [5, 5.41) is 0. The molecule has 1 N–H and O–H groups in total.